The van der Waals surface area contributed by atoms with Crippen LogP contribution in [-0.4, -0.2) is 9.55 Å². The fourth-order valence-electron chi connectivity index (χ4n) is 3.83. The normalized spacial score (nSPS) is 13.7. The number of pyridine rings is 1. The molecule has 0 bridgehead atoms. The maximum atomic E-state index is 13.3. The highest BCUT2D eigenvalue weighted by Gasteiger charge is 2.24. The van der Waals surface area contributed by atoms with E-state index in [1.807, 2.05) is 65.2 Å². The summed E-state index contributed by atoms with van der Waals surface area (Å²) in [7, 11) is 0. The summed E-state index contributed by atoms with van der Waals surface area (Å²) < 4.78 is 7.93. The van der Waals surface area contributed by atoms with Crippen molar-refractivity contribution in [2.45, 2.75) is 25.7 Å². The van der Waals surface area contributed by atoms with E-state index in [0.29, 0.717) is 17.0 Å². The Kier molecular flexibility index (Phi) is 3.49. The zero-order chi connectivity index (χ0) is 17.5. The number of para-hydroxylation sites is 1. The van der Waals surface area contributed by atoms with Crippen molar-refractivity contribution in [1.82, 2.24) is 9.55 Å². The van der Waals surface area contributed by atoms with Crippen LogP contribution in [0.1, 0.15) is 24.1 Å². The molecule has 0 aliphatic heterocycles. The van der Waals surface area contributed by atoms with Crippen molar-refractivity contribution in [3.8, 4) is 17.1 Å². The molecule has 0 fully saturated rings. The average molecular weight is 342 g/mol. The predicted octanol–water partition coefficient (Wildman–Crippen LogP) is 4.52. The summed E-state index contributed by atoms with van der Waals surface area (Å²) in [4.78, 5) is 17.9. The molecule has 0 unspecified atom stereocenters. The Bertz CT molecular complexity index is 1140. The highest BCUT2D eigenvalue weighted by molar-refractivity contribution is 5.80. The lowest BCUT2D eigenvalue weighted by molar-refractivity contribution is 0.594. The van der Waals surface area contributed by atoms with Gasteiger partial charge in [0.1, 0.15) is 0 Å². The summed E-state index contributed by atoms with van der Waals surface area (Å²) in [6, 6.07) is 19.6. The summed E-state index contributed by atoms with van der Waals surface area (Å²) >= 11 is 0. The van der Waals surface area contributed by atoms with Crippen molar-refractivity contribution >= 4 is 11.1 Å². The molecule has 0 saturated carbocycles. The van der Waals surface area contributed by atoms with E-state index in [0.717, 1.165) is 48.2 Å². The average Bonchev–Trinajstić information content (AvgIpc) is 3.16. The van der Waals surface area contributed by atoms with Crippen LogP contribution in [0.3, 0.4) is 0 Å². The minimum atomic E-state index is -0.0993. The van der Waals surface area contributed by atoms with Crippen LogP contribution >= 0.6 is 0 Å². The molecule has 4 nitrogen and oxygen atoms in total. The molecule has 4 heteroatoms. The van der Waals surface area contributed by atoms with Gasteiger partial charge in [-0.15, -0.1) is 0 Å². The van der Waals surface area contributed by atoms with Gasteiger partial charge in [-0.05, 0) is 49.9 Å². The second-order valence-corrected chi connectivity index (χ2v) is 6.67. The topological polar surface area (TPSA) is 48.0 Å². The fourth-order valence-corrected chi connectivity index (χ4v) is 3.83. The van der Waals surface area contributed by atoms with Crippen LogP contribution in [0.25, 0.3) is 28.2 Å². The maximum absolute atomic E-state index is 13.3. The fraction of sp³-hybridized carbons (Fsp3) is 0.182. The van der Waals surface area contributed by atoms with Crippen LogP contribution in [0.4, 0.5) is 0 Å². The van der Waals surface area contributed by atoms with E-state index < -0.39 is 0 Å². The van der Waals surface area contributed by atoms with Crippen LogP contribution in [0.5, 0.6) is 0 Å². The predicted molar refractivity (Wildman–Crippen MR) is 102 cm³/mol. The van der Waals surface area contributed by atoms with E-state index in [9.17, 15) is 4.79 Å². The smallest absolute Gasteiger partial charge is 0.285 e. The first-order valence-corrected chi connectivity index (χ1v) is 9.01. The highest BCUT2D eigenvalue weighted by atomic mass is 16.3. The van der Waals surface area contributed by atoms with Gasteiger partial charge in [-0.1, -0.05) is 36.4 Å². The highest BCUT2D eigenvalue weighted by Crippen LogP contribution is 2.31. The molecule has 0 saturated heterocycles. The summed E-state index contributed by atoms with van der Waals surface area (Å²) in [5.41, 5.74) is 4.96. The van der Waals surface area contributed by atoms with Gasteiger partial charge in [-0.3, -0.25) is 9.36 Å². The summed E-state index contributed by atoms with van der Waals surface area (Å²) in [5, 5.41) is 0. The Labute approximate surface area is 150 Å². The zero-order valence-electron chi connectivity index (χ0n) is 14.3. The zero-order valence-corrected chi connectivity index (χ0v) is 14.3. The molecule has 0 N–H and O–H groups in total. The lowest BCUT2D eigenvalue weighted by Gasteiger charge is -2.20. The van der Waals surface area contributed by atoms with Crippen LogP contribution < -0.4 is 5.56 Å². The van der Waals surface area contributed by atoms with E-state index in [2.05, 4.69) is 4.98 Å². The minimum Gasteiger partial charge on any atom is -0.436 e. The maximum Gasteiger partial charge on any atom is 0.285 e. The second-order valence-electron chi connectivity index (χ2n) is 6.67. The van der Waals surface area contributed by atoms with Crippen molar-refractivity contribution in [1.29, 1.82) is 0 Å². The molecule has 1 aliphatic rings. The molecular formula is C22H18N2O2. The number of benzene rings is 2. The van der Waals surface area contributed by atoms with Gasteiger partial charge in [0.25, 0.3) is 5.56 Å². The molecule has 4 aromatic rings. The molecule has 2 heterocycles. The van der Waals surface area contributed by atoms with E-state index in [4.69, 9.17) is 4.42 Å². The lowest BCUT2D eigenvalue weighted by atomic mass is 9.94. The second kappa shape index (κ2) is 5.99. The molecule has 2 aromatic heterocycles. The molecular weight excluding hydrogens is 324 g/mol. The Morgan fingerprint density at radius 3 is 2.35 bits per heavy atom. The molecule has 0 amide bonds. The van der Waals surface area contributed by atoms with Gasteiger partial charge in [-0.2, -0.15) is 0 Å². The van der Waals surface area contributed by atoms with Crippen molar-refractivity contribution in [2.24, 2.45) is 0 Å². The van der Waals surface area contributed by atoms with Crippen LogP contribution in [0.2, 0.25) is 0 Å². The third-order valence-corrected chi connectivity index (χ3v) is 5.05. The van der Waals surface area contributed by atoms with Crippen molar-refractivity contribution < 1.29 is 4.42 Å². The lowest BCUT2D eigenvalue weighted by Crippen LogP contribution is -2.26. The van der Waals surface area contributed by atoms with Crippen LogP contribution in [0.15, 0.2) is 69.9 Å². The minimum absolute atomic E-state index is 0.0993. The number of hydrogen-bond donors (Lipinski definition) is 0. The number of aromatic nitrogens is 2. The Hall–Kier alpha value is -3.14. The molecule has 2 aromatic carbocycles. The molecule has 1 aliphatic carbocycles. The third kappa shape index (κ3) is 2.30. The number of aryl methyl sites for hydroxylation is 1. The van der Waals surface area contributed by atoms with Crippen LogP contribution in [-0.2, 0) is 12.8 Å². The SMILES string of the molecule is O=c1c2nc(-c3ccccc3)oc2c2c(n1-c1ccccc1)CCCC2. The Balaban J connectivity index is 1.84. The first kappa shape index (κ1) is 15.1. The number of hydrogen-bond acceptors (Lipinski definition) is 3. The molecule has 128 valence electrons. The Morgan fingerprint density at radius 1 is 0.885 bits per heavy atom. The van der Waals surface area contributed by atoms with Crippen molar-refractivity contribution in [3.05, 3.63) is 82.3 Å². The molecule has 0 radical (unpaired) electrons. The third-order valence-electron chi connectivity index (χ3n) is 5.05. The van der Waals surface area contributed by atoms with Gasteiger partial charge in [0.05, 0.1) is 0 Å². The Morgan fingerprint density at radius 2 is 1.58 bits per heavy atom. The molecule has 5 rings (SSSR count). The molecule has 26 heavy (non-hydrogen) atoms. The monoisotopic (exact) mass is 342 g/mol. The van der Waals surface area contributed by atoms with Gasteiger partial charge in [0.2, 0.25) is 5.89 Å². The van der Waals surface area contributed by atoms with Crippen molar-refractivity contribution in [2.75, 3.05) is 0 Å². The van der Waals surface area contributed by atoms with E-state index in [1.165, 1.54) is 0 Å². The first-order chi connectivity index (χ1) is 12.8. The molecule has 0 atom stereocenters. The number of nitrogens with zero attached hydrogens (tertiary/aromatic N) is 2. The van der Waals surface area contributed by atoms with Crippen molar-refractivity contribution in [3.63, 3.8) is 0 Å². The first-order valence-electron chi connectivity index (χ1n) is 9.01. The standard InChI is InChI=1S/C22H18N2O2/c25-22-19-20(26-21(23-19)15-9-3-1-4-10-15)17-13-7-8-14-18(17)24(22)16-11-5-2-6-12-16/h1-6,9-12H,7-8,13-14H2. The van der Waals surface area contributed by atoms with Gasteiger partial charge >= 0.3 is 0 Å². The van der Waals surface area contributed by atoms with Gasteiger partial charge in [-0.25, -0.2) is 4.98 Å². The number of rotatable bonds is 2. The quantitative estimate of drug-likeness (QED) is 0.538. The van der Waals surface area contributed by atoms with Crippen LogP contribution in [0, 0.1) is 0 Å². The van der Waals surface area contributed by atoms with Gasteiger partial charge in [0, 0.05) is 22.5 Å². The summed E-state index contributed by atoms with van der Waals surface area (Å²) in [6.07, 6.45) is 4.00. The van der Waals surface area contributed by atoms with E-state index in [1.54, 1.807) is 0 Å². The number of oxazole rings is 1. The van der Waals surface area contributed by atoms with Gasteiger partial charge < -0.3 is 4.42 Å². The van der Waals surface area contributed by atoms with E-state index in [-0.39, 0.29) is 5.56 Å². The van der Waals surface area contributed by atoms with E-state index >= 15 is 0 Å². The summed E-state index contributed by atoms with van der Waals surface area (Å²) in [5.74, 6) is 0.510. The largest absolute Gasteiger partial charge is 0.436 e. The number of fused-ring (bicyclic) bond motifs is 3. The van der Waals surface area contributed by atoms with Gasteiger partial charge in [0.15, 0.2) is 11.1 Å². The summed E-state index contributed by atoms with van der Waals surface area (Å²) in [6.45, 7) is 0. The molecule has 0 spiro atoms.